The van der Waals surface area contributed by atoms with Gasteiger partial charge < -0.3 is 20.5 Å². The zero-order valence-electron chi connectivity index (χ0n) is 11.1. The number of aliphatic hydroxyl groups is 1. The molecule has 1 atom stereocenters. The molecule has 1 fully saturated rings. The van der Waals surface area contributed by atoms with Crippen LogP contribution in [0.4, 0.5) is 0 Å². The van der Waals surface area contributed by atoms with E-state index < -0.39 is 0 Å². The number of hydrogen-bond acceptors (Lipinski definition) is 5. The Morgan fingerprint density at radius 3 is 3.10 bits per heavy atom. The predicted octanol–water partition coefficient (Wildman–Crippen LogP) is -0.775. The van der Waals surface area contributed by atoms with Crippen LogP contribution < -0.4 is 5.73 Å². The number of pyridine rings is 1. The Balaban J connectivity index is 2.12. The van der Waals surface area contributed by atoms with Gasteiger partial charge in [0.1, 0.15) is 5.69 Å². The summed E-state index contributed by atoms with van der Waals surface area (Å²) in [5.41, 5.74) is 6.34. The quantitative estimate of drug-likeness (QED) is 0.692. The van der Waals surface area contributed by atoms with Crippen molar-refractivity contribution in [1.29, 1.82) is 0 Å². The molecule has 0 saturated carbocycles. The fourth-order valence-corrected chi connectivity index (χ4v) is 1.97. The Morgan fingerprint density at radius 2 is 2.45 bits per heavy atom. The molecule has 20 heavy (non-hydrogen) atoms. The lowest BCUT2D eigenvalue weighted by Gasteiger charge is -2.34. The van der Waals surface area contributed by atoms with Crippen molar-refractivity contribution in [3.63, 3.8) is 0 Å². The molecule has 1 aromatic rings. The molecule has 0 aromatic carbocycles. The third-order valence-corrected chi connectivity index (χ3v) is 3.02. The molecule has 0 aliphatic carbocycles. The second-order valence-electron chi connectivity index (χ2n) is 4.35. The smallest absolute Gasteiger partial charge is 0.272 e. The monoisotopic (exact) mass is 275 g/mol. The van der Waals surface area contributed by atoms with Crippen LogP contribution in [0.15, 0.2) is 18.3 Å². The van der Waals surface area contributed by atoms with E-state index >= 15 is 0 Å². The van der Waals surface area contributed by atoms with Crippen molar-refractivity contribution < 1.29 is 14.6 Å². The standard InChI is InChI=1S/C14H17N3O3/c15-5-1-2-11-3-4-13(16-8-11)14(19)17-6-7-20-10-12(17)9-18/h3-4,8,12,18H,5-7,9-10,15H2. The highest BCUT2D eigenvalue weighted by atomic mass is 16.5. The minimum Gasteiger partial charge on any atom is -0.394 e. The average Bonchev–Trinajstić information content (AvgIpc) is 2.52. The molecule has 106 valence electrons. The first-order valence-corrected chi connectivity index (χ1v) is 6.41. The van der Waals surface area contributed by atoms with Gasteiger partial charge >= 0.3 is 0 Å². The van der Waals surface area contributed by atoms with E-state index in [0.29, 0.717) is 31.0 Å². The summed E-state index contributed by atoms with van der Waals surface area (Å²) in [5.74, 6) is 5.37. The Morgan fingerprint density at radius 1 is 1.60 bits per heavy atom. The molecular formula is C14H17N3O3. The Kier molecular flexibility index (Phi) is 5.07. The van der Waals surface area contributed by atoms with Crippen LogP contribution in [-0.2, 0) is 4.74 Å². The van der Waals surface area contributed by atoms with Crippen LogP contribution in [0.5, 0.6) is 0 Å². The highest BCUT2D eigenvalue weighted by Crippen LogP contribution is 2.11. The van der Waals surface area contributed by atoms with E-state index in [2.05, 4.69) is 16.8 Å². The number of aromatic nitrogens is 1. The molecule has 1 aliphatic heterocycles. The fraction of sp³-hybridized carbons (Fsp3) is 0.429. The minimum absolute atomic E-state index is 0.119. The van der Waals surface area contributed by atoms with E-state index in [1.165, 1.54) is 0 Å². The summed E-state index contributed by atoms with van der Waals surface area (Å²) < 4.78 is 5.25. The third-order valence-electron chi connectivity index (χ3n) is 3.02. The van der Waals surface area contributed by atoms with E-state index in [0.717, 1.165) is 0 Å². The van der Waals surface area contributed by atoms with Gasteiger partial charge in [0.15, 0.2) is 0 Å². The molecular weight excluding hydrogens is 258 g/mol. The van der Waals surface area contributed by atoms with E-state index in [4.69, 9.17) is 10.5 Å². The number of carbonyl (C=O) groups excluding carboxylic acids is 1. The van der Waals surface area contributed by atoms with Crippen molar-refractivity contribution in [2.75, 3.05) is 32.9 Å². The summed E-state index contributed by atoms with van der Waals surface area (Å²) in [5, 5.41) is 9.27. The highest BCUT2D eigenvalue weighted by molar-refractivity contribution is 5.92. The summed E-state index contributed by atoms with van der Waals surface area (Å²) in [6.45, 7) is 1.45. The molecule has 6 nitrogen and oxygen atoms in total. The summed E-state index contributed by atoms with van der Waals surface area (Å²) in [6.07, 6.45) is 1.55. The van der Waals surface area contributed by atoms with Gasteiger partial charge in [-0.25, -0.2) is 4.98 Å². The lowest BCUT2D eigenvalue weighted by Crippen LogP contribution is -2.50. The largest absolute Gasteiger partial charge is 0.394 e. The van der Waals surface area contributed by atoms with Crippen molar-refractivity contribution in [1.82, 2.24) is 9.88 Å². The van der Waals surface area contributed by atoms with Gasteiger partial charge in [0, 0.05) is 18.3 Å². The van der Waals surface area contributed by atoms with Crippen LogP contribution in [0.1, 0.15) is 16.1 Å². The molecule has 0 spiro atoms. The number of aliphatic hydroxyl groups excluding tert-OH is 1. The summed E-state index contributed by atoms with van der Waals surface area (Å²) in [4.78, 5) is 18.0. The maximum absolute atomic E-state index is 12.3. The number of ether oxygens (including phenoxy) is 1. The fourth-order valence-electron chi connectivity index (χ4n) is 1.97. The average molecular weight is 275 g/mol. The lowest BCUT2D eigenvalue weighted by atomic mass is 10.2. The van der Waals surface area contributed by atoms with Crippen LogP contribution in [0.3, 0.4) is 0 Å². The maximum Gasteiger partial charge on any atom is 0.272 e. The van der Waals surface area contributed by atoms with Gasteiger partial charge in [-0.1, -0.05) is 11.8 Å². The second kappa shape index (κ2) is 7.01. The number of rotatable bonds is 2. The van der Waals surface area contributed by atoms with Crippen LogP contribution in [0, 0.1) is 11.8 Å². The molecule has 2 rings (SSSR count). The van der Waals surface area contributed by atoms with Crippen molar-refractivity contribution >= 4 is 5.91 Å². The predicted molar refractivity (Wildman–Crippen MR) is 72.9 cm³/mol. The van der Waals surface area contributed by atoms with E-state index in [9.17, 15) is 9.90 Å². The van der Waals surface area contributed by atoms with Gasteiger partial charge in [0.25, 0.3) is 5.91 Å². The molecule has 1 aliphatic rings. The number of hydrogen-bond donors (Lipinski definition) is 2. The Labute approximate surface area is 117 Å². The topological polar surface area (TPSA) is 88.7 Å². The molecule has 2 heterocycles. The van der Waals surface area contributed by atoms with Crippen LogP contribution in [-0.4, -0.2) is 59.8 Å². The van der Waals surface area contributed by atoms with Crippen molar-refractivity contribution in [2.45, 2.75) is 6.04 Å². The van der Waals surface area contributed by atoms with Crippen LogP contribution in [0.25, 0.3) is 0 Å². The number of morpholine rings is 1. The normalized spacial score (nSPS) is 18.3. The van der Waals surface area contributed by atoms with Gasteiger partial charge in [0.05, 0.1) is 32.4 Å². The molecule has 1 aromatic heterocycles. The molecule has 0 radical (unpaired) electrons. The van der Waals surface area contributed by atoms with Crippen LogP contribution >= 0.6 is 0 Å². The lowest BCUT2D eigenvalue weighted by molar-refractivity contribution is -0.0186. The number of amides is 1. The number of nitrogens with two attached hydrogens (primary N) is 1. The molecule has 3 N–H and O–H groups in total. The Hall–Kier alpha value is -1.94. The molecule has 1 amide bonds. The van der Waals surface area contributed by atoms with Gasteiger partial charge in [-0.15, -0.1) is 0 Å². The Bertz CT molecular complexity index is 519. The first-order valence-electron chi connectivity index (χ1n) is 6.41. The first kappa shape index (κ1) is 14.5. The van der Waals surface area contributed by atoms with Crippen molar-refractivity contribution in [3.05, 3.63) is 29.6 Å². The SMILES string of the molecule is NCC#Cc1ccc(C(=O)N2CCOCC2CO)nc1. The summed E-state index contributed by atoms with van der Waals surface area (Å²) in [6, 6.07) is 3.05. The van der Waals surface area contributed by atoms with E-state index in [-0.39, 0.29) is 25.1 Å². The minimum atomic E-state index is -0.310. The van der Waals surface area contributed by atoms with E-state index in [1.54, 1.807) is 23.2 Å². The molecule has 1 unspecified atom stereocenters. The summed E-state index contributed by atoms with van der Waals surface area (Å²) in [7, 11) is 0. The maximum atomic E-state index is 12.3. The van der Waals surface area contributed by atoms with Gasteiger partial charge in [-0.05, 0) is 12.1 Å². The summed E-state index contributed by atoms with van der Waals surface area (Å²) >= 11 is 0. The highest BCUT2D eigenvalue weighted by Gasteiger charge is 2.28. The first-order chi connectivity index (χ1) is 9.76. The molecule has 0 bridgehead atoms. The second-order valence-corrected chi connectivity index (χ2v) is 4.35. The zero-order valence-corrected chi connectivity index (χ0v) is 11.1. The molecule has 1 saturated heterocycles. The molecule has 6 heteroatoms. The zero-order chi connectivity index (χ0) is 14.4. The van der Waals surface area contributed by atoms with Crippen molar-refractivity contribution in [2.24, 2.45) is 5.73 Å². The van der Waals surface area contributed by atoms with Gasteiger partial charge in [-0.3, -0.25) is 4.79 Å². The van der Waals surface area contributed by atoms with Crippen LogP contribution in [0.2, 0.25) is 0 Å². The van der Waals surface area contributed by atoms with Gasteiger partial charge in [0.2, 0.25) is 0 Å². The third kappa shape index (κ3) is 3.33. The number of carbonyl (C=O) groups is 1. The van der Waals surface area contributed by atoms with Crippen molar-refractivity contribution in [3.8, 4) is 11.8 Å². The van der Waals surface area contributed by atoms with E-state index in [1.807, 2.05) is 0 Å². The van der Waals surface area contributed by atoms with Gasteiger partial charge in [-0.2, -0.15) is 0 Å². The number of nitrogens with zero attached hydrogens (tertiary/aromatic N) is 2.